The van der Waals surface area contributed by atoms with Gasteiger partial charge >= 0.3 is 6.01 Å². The highest BCUT2D eigenvalue weighted by Gasteiger charge is 2.50. The molecule has 2 aromatic carbocycles. The summed E-state index contributed by atoms with van der Waals surface area (Å²) >= 11 is 0. The Bertz CT molecular complexity index is 1760. The van der Waals surface area contributed by atoms with Gasteiger partial charge in [0.15, 0.2) is 0 Å². The summed E-state index contributed by atoms with van der Waals surface area (Å²) in [5, 5.41) is 0.552. The molecule has 4 heterocycles. The first-order valence-corrected chi connectivity index (χ1v) is 16.0. The number of nitrogens with zero attached hydrogens (tertiary/aromatic N) is 6. The Labute approximate surface area is 261 Å². The summed E-state index contributed by atoms with van der Waals surface area (Å²) in [6.07, 6.45) is 4.91. The van der Waals surface area contributed by atoms with Crippen molar-refractivity contribution in [3.8, 4) is 17.1 Å². The first-order chi connectivity index (χ1) is 21.9. The molecule has 0 radical (unpaired) electrons. The van der Waals surface area contributed by atoms with E-state index < -0.39 is 6.17 Å². The molecule has 0 bridgehead atoms. The van der Waals surface area contributed by atoms with Gasteiger partial charge in [0.1, 0.15) is 30.5 Å². The molecule has 8 nitrogen and oxygen atoms in total. The molecule has 3 aliphatic heterocycles. The number of benzene rings is 2. The van der Waals surface area contributed by atoms with Crippen LogP contribution in [0, 0.1) is 18.3 Å². The van der Waals surface area contributed by atoms with Gasteiger partial charge in [-0.15, -0.1) is 0 Å². The topological polar surface area (TPSA) is 66.2 Å². The number of amides is 1. The van der Waals surface area contributed by atoms with Crippen LogP contribution in [0.25, 0.3) is 26.9 Å². The maximum atomic E-state index is 16.2. The number of rotatable bonds is 7. The van der Waals surface area contributed by atoms with Gasteiger partial charge in [0, 0.05) is 43.5 Å². The Balaban J connectivity index is 1.20. The highest BCUT2D eigenvalue weighted by atomic mass is 19.1. The van der Waals surface area contributed by atoms with E-state index in [0.29, 0.717) is 66.7 Å². The van der Waals surface area contributed by atoms with Gasteiger partial charge in [0.05, 0.1) is 11.1 Å². The van der Waals surface area contributed by atoms with Crippen molar-refractivity contribution < 1.29 is 18.3 Å². The average molecular weight is 611 g/mol. The maximum absolute atomic E-state index is 16.2. The number of halogens is 2. The molecule has 4 fully saturated rings. The first-order valence-electron chi connectivity index (χ1n) is 16.0. The number of aromatic nitrogens is 2. The Hall–Kier alpha value is -4.10. The van der Waals surface area contributed by atoms with E-state index in [1.165, 1.54) is 23.3 Å². The minimum atomic E-state index is -0.875. The number of piperazine rings is 1. The Morgan fingerprint density at radius 2 is 2.09 bits per heavy atom. The van der Waals surface area contributed by atoms with E-state index in [0.717, 1.165) is 37.8 Å². The van der Waals surface area contributed by atoms with Gasteiger partial charge in [-0.2, -0.15) is 9.97 Å². The fraction of sp³-hybridized carbons (Fsp3) is 0.486. The molecule has 1 saturated carbocycles. The second-order valence-corrected chi connectivity index (χ2v) is 13.4. The highest BCUT2D eigenvalue weighted by Crippen LogP contribution is 2.58. The standard InChI is InChI=1S/C35H36F2N6O2/c1-3-31(44)43-11-10-41(19-24(43)17-38-2)33-28-14-29(37)27(25-7-4-6-21-12-22-13-26(22)32(21)25)15-30(28)39-34(40-33)45-20-35-8-5-9-42(35)18-23(36)16-35/h3-4,6-7,14-15,22-24,26H,1,5,8-13,16-20H2/t22-,23+,24-,26+,35-/m0/s1. The van der Waals surface area contributed by atoms with Crippen molar-refractivity contribution in [1.82, 2.24) is 19.8 Å². The van der Waals surface area contributed by atoms with Crippen LogP contribution in [0.15, 0.2) is 43.0 Å². The summed E-state index contributed by atoms with van der Waals surface area (Å²) in [6.45, 7) is 14.0. The first kappa shape index (κ1) is 28.4. The van der Waals surface area contributed by atoms with Crippen molar-refractivity contribution in [3.05, 3.63) is 71.3 Å². The normalized spacial score (nSPS) is 28.5. The van der Waals surface area contributed by atoms with Gasteiger partial charge in [-0.1, -0.05) is 24.8 Å². The van der Waals surface area contributed by atoms with Crippen LogP contribution in [0.2, 0.25) is 0 Å². The van der Waals surface area contributed by atoms with Gasteiger partial charge in [0.2, 0.25) is 12.5 Å². The zero-order valence-corrected chi connectivity index (χ0v) is 25.2. The predicted octanol–water partition coefficient (Wildman–Crippen LogP) is 5.17. The summed E-state index contributed by atoms with van der Waals surface area (Å²) in [5.41, 5.74) is 4.21. The van der Waals surface area contributed by atoms with Crippen LogP contribution in [0.3, 0.4) is 0 Å². The number of anilines is 1. The number of fused-ring (bicyclic) bond motifs is 5. The van der Waals surface area contributed by atoms with Crippen LogP contribution in [-0.2, 0) is 11.2 Å². The van der Waals surface area contributed by atoms with Crippen molar-refractivity contribution >= 4 is 22.6 Å². The van der Waals surface area contributed by atoms with E-state index in [4.69, 9.17) is 21.3 Å². The van der Waals surface area contributed by atoms with E-state index in [-0.39, 0.29) is 42.5 Å². The number of alkyl halides is 1. The molecule has 3 aromatic rings. The van der Waals surface area contributed by atoms with Gasteiger partial charge in [-0.05, 0) is 79.0 Å². The summed E-state index contributed by atoms with van der Waals surface area (Å²) < 4.78 is 37.0. The van der Waals surface area contributed by atoms with Crippen LogP contribution in [-0.4, -0.2) is 89.3 Å². The van der Waals surface area contributed by atoms with E-state index in [2.05, 4.69) is 22.4 Å². The molecule has 232 valence electrons. The molecular weight excluding hydrogens is 574 g/mol. The third-order valence-electron chi connectivity index (χ3n) is 10.8. The summed E-state index contributed by atoms with van der Waals surface area (Å²) in [4.78, 5) is 31.7. The van der Waals surface area contributed by atoms with Gasteiger partial charge in [-0.3, -0.25) is 9.69 Å². The minimum absolute atomic E-state index is 0.130. The second-order valence-electron chi connectivity index (χ2n) is 13.4. The number of ether oxygens (including phenoxy) is 1. The third-order valence-corrected chi connectivity index (χ3v) is 10.8. The molecule has 1 amide bonds. The summed E-state index contributed by atoms with van der Waals surface area (Å²) in [6, 6.07) is 9.32. The van der Waals surface area contributed by atoms with E-state index in [1.54, 1.807) is 4.90 Å². The second kappa shape index (κ2) is 10.8. The number of hydrogen-bond donors (Lipinski definition) is 0. The minimum Gasteiger partial charge on any atom is -0.461 e. The molecule has 5 aliphatic rings. The molecule has 10 heteroatoms. The molecule has 8 rings (SSSR count). The van der Waals surface area contributed by atoms with Crippen molar-refractivity contribution in [1.29, 1.82) is 0 Å². The Kier molecular flexibility index (Phi) is 6.79. The molecule has 0 spiro atoms. The lowest BCUT2D eigenvalue weighted by atomic mass is 9.93. The molecule has 3 saturated heterocycles. The molecule has 1 aromatic heterocycles. The largest absolute Gasteiger partial charge is 0.461 e. The quantitative estimate of drug-likeness (QED) is 0.272. The zero-order chi connectivity index (χ0) is 30.9. The lowest BCUT2D eigenvalue weighted by Crippen LogP contribution is -2.56. The predicted molar refractivity (Wildman–Crippen MR) is 167 cm³/mol. The molecule has 0 N–H and O–H groups in total. The van der Waals surface area contributed by atoms with Crippen LogP contribution in [0.4, 0.5) is 14.6 Å². The van der Waals surface area contributed by atoms with Crippen LogP contribution < -0.4 is 9.64 Å². The highest BCUT2D eigenvalue weighted by molar-refractivity contribution is 5.94. The van der Waals surface area contributed by atoms with Crippen LogP contribution >= 0.6 is 0 Å². The SMILES string of the molecule is [C-]#[N+]C[C@H]1CN(c2nc(OC[C@@]34CCCN3C[C@H](F)C4)nc3cc(-c4cccc5c4[C@@H]4C[C@@H]4C5)c(F)cc23)CCN1C(=O)C=C. The Morgan fingerprint density at radius 3 is 2.93 bits per heavy atom. The molecular formula is C35H36F2N6O2. The van der Waals surface area contributed by atoms with E-state index in [9.17, 15) is 9.18 Å². The van der Waals surface area contributed by atoms with Gasteiger partial charge in [0.25, 0.3) is 0 Å². The van der Waals surface area contributed by atoms with E-state index >= 15 is 4.39 Å². The third kappa shape index (κ3) is 4.75. The van der Waals surface area contributed by atoms with E-state index in [1.807, 2.05) is 23.1 Å². The fourth-order valence-corrected chi connectivity index (χ4v) is 8.56. The summed E-state index contributed by atoms with van der Waals surface area (Å²) in [7, 11) is 0. The maximum Gasteiger partial charge on any atom is 0.319 e. The zero-order valence-electron chi connectivity index (χ0n) is 25.2. The van der Waals surface area contributed by atoms with Crippen molar-refractivity contribution in [3.63, 3.8) is 0 Å². The monoisotopic (exact) mass is 610 g/mol. The number of carbonyl (C=O) groups excluding carboxylic acids is 1. The van der Waals surface area contributed by atoms with Gasteiger partial charge < -0.3 is 19.4 Å². The number of hydrogen-bond acceptors (Lipinski definition) is 6. The van der Waals surface area contributed by atoms with Crippen LogP contribution in [0.5, 0.6) is 6.01 Å². The lowest BCUT2D eigenvalue weighted by Gasteiger charge is -2.39. The fourth-order valence-electron chi connectivity index (χ4n) is 8.56. The molecule has 45 heavy (non-hydrogen) atoms. The lowest BCUT2D eigenvalue weighted by molar-refractivity contribution is -0.128. The van der Waals surface area contributed by atoms with Crippen molar-refractivity contribution in [2.24, 2.45) is 5.92 Å². The molecule has 0 unspecified atom stereocenters. The molecule has 5 atom stereocenters. The number of carbonyl (C=O) groups is 1. The van der Waals surface area contributed by atoms with Crippen LogP contribution in [0.1, 0.15) is 42.7 Å². The smallest absolute Gasteiger partial charge is 0.319 e. The average Bonchev–Trinajstić information content (AvgIpc) is 3.36. The van der Waals surface area contributed by atoms with Crippen molar-refractivity contribution in [2.45, 2.75) is 55.8 Å². The molecule has 2 aliphatic carbocycles. The van der Waals surface area contributed by atoms with Crippen molar-refractivity contribution in [2.75, 3.05) is 50.8 Å². The summed E-state index contributed by atoms with van der Waals surface area (Å²) in [5.74, 6) is 1.13. The Morgan fingerprint density at radius 1 is 1.20 bits per heavy atom. The van der Waals surface area contributed by atoms with Gasteiger partial charge in [-0.25, -0.2) is 15.4 Å².